The maximum Gasteiger partial charge on any atom is 0.234 e. The van der Waals surface area contributed by atoms with Crippen molar-refractivity contribution in [3.63, 3.8) is 0 Å². The van der Waals surface area contributed by atoms with Gasteiger partial charge in [-0.05, 0) is 30.3 Å². The van der Waals surface area contributed by atoms with E-state index in [0.29, 0.717) is 16.7 Å². The standard InChI is InChI=1S/C20H15ClFN5OS/c21-16-12-15(8-9-17(16)22)23-18(28)13-29-20-25-24-19(14-6-2-1-3-7-14)27(20)26-10-4-5-11-26/h1-12H,13H2,(H,23,28). The topological polar surface area (TPSA) is 64.7 Å². The first-order valence-electron chi connectivity index (χ1n) is 8.64. The lowest BCUT2D eigenvalue weighted by Crippen LogP contribution is -2.16. The van der Waals surface area contributed by atoms with Crippen LogP contribution in [-0.2, 0) is 4.79 Å². The third-order valence-electron chi connectivity index (χ3n) is 4.00. The average molecular weight is 428 g/mol. The van der Waals surface area contributed by atoms with Crippen molar-refractivity contribution < 1.29 is 9.18 Å². The van der Waals surface area contributed by atoms with Gasteiger partial charge < -0.3 is 5.32 Å². The summed E-state index contributed by atoms with van der Waals surface area (Å²) in [7, 11) is 0. The lowest BCUT2D eigenvalue weighted by atomic mass is 10.2. The van der Waals surface area contributed by atoms with E-state index in [1.165, 1.54) is 30.0 Å². The Balaban J connectivity index is 1.53. The van der Waals surface area contributed by atoms with Gasteiger partial charge in [-0.25, -0.2) is 9.07 Å². The van der Waals surface area contributed by atoms with E-state index in [4.69, 9.17) is 11.6 Å². The third-order valence-corrected chi connectivity index (χ3v) is 5.21. The molecule has 29 heavy (non-hydrogen) atoms. The number of carbonyl (C=O) groups excluding carboxylic acids is 1. The summed E-state index contributed by atoms with van der Waals surface area (Å²) >= 11 is 7.00. The highest BCUT2D eigenvalue weighted by Gasteiger charge is 2.17. The molecule has 4 aromatic rings. The Morgan fingerprint density at radius 3 is 2.55 bits per heavy atom. The molecule has 0 aliphatic heterocycles. The monoisotopic (exact) mass is 427 g/mol. The number of aromatic nitrogens is 4. The molecule has 146 valence electrons. The van der Waals surface area contributed by atoms with E-state index >= 15 is 0 Å². The zero-order valence-electron chi connectivity index (χ0n) is 15.0. The van der Waals surface area contributed by atoms with Gasteiger partial charge in [0, 0.05) is 23.6 Å². The molecule has 0 aliphatic rings. The molecule has 1 amide bonds. The van der Waals surface area contributed by atoms with Gasteiger partial charge in [0.1, 0.15) is 5.82 Å². The van der Waals surface area contributed by atoms with Crippen LogP contribution < -0.4 is 5.32 Å². The Morgan fingerprint density at radius 2 is 1.83 bits per heavy atom. The van der Waals surface area contributed by atoms with Gasteiger partial charge in [0.25, 0.3) is 0 Å². The van der Waals surface area contributed by atoms with Gasteiger partial charge >= 0.3 is 0 Å². The molecule has 1 N–H and O–H groups in total. The number of carbonyl (C=O) groups is 1. The molecular weight excluding hydrogens is 413 g/mol. The molecular formula is C20H15ClFN5OS. The summed E-state index contributed by atoms with van der Waals surface area (Å²) < 4.78 is 16.9. The number of anilines is 1. The van der Waals surface area contributed by atoms with E-state index in [9.17, 15) is 9.18 Å². The summed E-state index contributed by atoms with van der Waals surface area (Å²) in [6.45, 7) is 0. The van der Waals surface area contributed by atoms with Crippen LogP contribution in [0.15, 0.2) is 78.2 Å². The predicted octanol–water partition coefficient (Wildman–Crippen LogP) is 4.58. The van der Waals surface area contributed by atoms with Crippen molar-refractivity contribution >= 4 is 35.0 Å². The molecule has 2 aromatic carbocycles. The normalized spacial score (nSPS) is 10.8. The molecule has 0 atom stereocenters. The maximum atomic E-state index is 13.3. The Bertz CT molecular complexity index is 1130. The molecule has 0 saturated heterocycles. The minimum absolute atomic E-state index is 0.0460. The van der Waals surface area contributed by atoms with Crippen molar-refractivity contribution in [3.05, 3.63) is 83.9 Å². The lowest BCUT2D eigenvalue weighted by molar-refractivity contribution is -0.113. The zero-order chi connectivity index (χ0) is 20.2. The van der Waals surface area contributed by atoms with Crippen molar-refractivity contribution in [1.82, 2.24) is 19.5 Å². The highest BCUT2D eigenvalue weighted by molar-refractivity contribution is 7.99. The highest BCUT2D eigenvalue weighted by atomic mass is 35.5. The minimum Gasteiger partial charge on any atom is -0.325 e. The van der Waals surface area contributed by atoms with Crippen LogP contribution in [0.2, 0.25) is 5.02 Å². The van der Waals surface area contributed by atoms with Crippen molar-refractivity contribution in [2.75, 3.05) is 11.1 Å². The fraction of sp³-hybridized carbons (Fsp3) is 0.0500. The van der Waals surface area contributed by atoms with Crippen LogP contribution in [-0.4, -0.2) is 31.2 Å². The van der Waals surface area contributed by atoms with Gasteiger partial charge in [-0.1, -0.05) is 53.7 Å². The molecule has 4 rings (SSSR count). The molecule has 0 unspecified atom stereocenters. The number of hydrogen-bond donors (Lipinski definition) is 1. The van der Waals surface area contributed by atoms with Crippen molar-refractivity contribution in [1.29, 1.82) is 0 Å². The third kappa shape index (κ3) is 4.33. The van der Waals surface area contributed by atoms with Gasteiger partial charge in [-0.15, -0.1) is 10.2 Å². The van der Waals surface area contributed by atoms with Crippen LogP contribution in [0, 0.1) is 5.82 Å². The highest BCUT2D eigenvalue weighted by Crippen LogP contribution is 2.25. The van der Waals surface area contributed by atoms with Crippen LogP contribution in [0.1, 0.15) is 0 Å². The Morgan fingerprint density at radius 1 is 1.07 bits per heavy atom. The van der Waals surface area contributed by atoms with Crippen LogP contribution in [0.25, 0.3) is 11.4 Å². The summed E-state index contributed by atoms with van der Waals surface area (Å²) in [6, 6.07) is 17.5. The summed E-state index contributed by atoms with van der Waals surface area (Å²) in [6.07, 6.45) is 3.75. The first-order chi connectivity index (χ1) is 14.1. The molecule has 0 bridgehead atoms. The fourth-order valence-corrected chi connectivity index (χ4v) is 3.61. The van der Waals surface area contributed by atoms with Gasteiger partial charge in [0.15, 0.2) is 5.82 Å². The quantitative estimate of drug-likeness (QED) is 0.457. The Labute approximate surface area is 175 Å². The molecule has 0 spiro atoms. The number of nitrogens with zero attached hydrogens (tertiary/aromatic N) is 4. The van der Waals surface area contributed by atoms with E-state index in [1.807, 2.05) is 64.2 Å². The number of rotatable bonds is 6. The number of amides is 1. The van der Waals surface area contributed by atoms with Crippen LogP contribution in [0.4, 0.5) is 10.1 Å². The molecule has 0 radical (unpaired) electrons. The second-order valence-corrected chi connectivity index (χ2v) is 7.36. The summed E-state index contributed by atoms with van der Waals surface area (Å²) in [5.41, 5.74) is 1.34. The van der Waals surface area contributed by atoms with Gasteiger partial charge in [0.2, 0.25) is 11.1 Å². The molecule has 0 saturated carbocycles. The Hall–Kier alpha value is -3.10. The van der Waals surface area contributed by atoms with Gasteiger partial charge in [-0.3, -0.25) is 9.47 Å². The molecule has 0 aliphatic carbocycles. The van der Waals surface area contributed by atoms with Crippen LogP contribution >= 0.6 is 23.4 Å². The van der Waals surface area contributed by atoms with Crippen LogP contribution in [0.3, 0.4) is 0 Å². The average Bonchev–Trinajstić information content (AvgIpc) is 3.39. The van der Waals surface area contributed by atoms with E-state index in [0.717, 1.165) is 5.56 Å². The fourth-order valence-electron chi connectivity index (χ4n) is 2.69. The lowest BCUT2D eigenvalue weighted by Gasteiger charge is -2.11. The summed E-state index contributed by atoms with van der Waals surface area (Å²) in [5.74, 6) is -0.0354. The SMILES string of the molecule is O=C(CSc1nnc(-c2ccccc2)n1-n1cccc1)Nc1ccc(F)c(Cl)c1. The van der Waals surface area contributed by atoms with E-state index in [2.05, 4.69) is 15.5 Å². The van der Waals surface area contributed by atoms with Crippen molar-refractivity contribution in [3.8, 4) is 11.4 Å². The second kappa shape index (κ2) is 8.50. The van der Waals surface area contributed by atoms with Gasteiger partial charge in [0.05, 0.1) is 10.8 Å². The second-order valence-electron chi connectivity index (χ2n) is 6.01. The number of nitrogens with one attached hydrogen (secondary N) is 1. The molecule has 2 aromatic heterocycles. The number of thioether (sulfide) groups is 1. The molecule has 9 heteroatoms. The van der Waals surface area contributed by atoms with Gasteiger partial charge in [-0.2, -0.15) is 0 Å². The van der Waals surface area contributed by atoms with E-state index in [-0.39, 0.29) is 16.7 Å². The maximum absolute atomic E-state index is 13.3. The molecule has 6 nitrogen and oxygen atoms in total. The first-order valence-corrected chi connectivity index (χ1v) is 10.0. The predicted molar refractivity (Wildman–Crippen MR) is 111 cm³/mol. The Kier molecular flexibility index (Phi) is 5.64. The minimum atomic E-state index is -0.535. The zero-order valence-corrected chi connectivity index (χ0v) is 16.6. The molecule has 0 fully saturated rings. The number of halogens is 2. The first kappa shape index (κ1) is 19.2. The van der Waals surface area contributed by atoms with E-state index in [1.54, 1.807) is 0 Å². The largest absolute Gasteiger partial charge is 0.325 e. The van der Waals surface area contributed by atoms with E-state index < -0.39 is 5.82 Å². The smallest absolute Gasteiger partial charge is 0.234 e. The summed E-state index contributed by atoms with van der Waals surface area (Å²) in [4.78, 5) is 12.3. The number of hydrogen-bond acceptors (Lipinski definition) is 4. The summed E-state index contributed by atoms with van der Waals surface area (Å²) in [5, 5.41) is 11.8. The molecule has 2 heterocycles. The van der Waals surface area contributed by atoms with Crippen molar-refractivity contribution in [2.24, 2.45) is 0 Å². The number of benzene rings is 2. The van der Waals surface area contributed by atoms with Crippen LogP contribution in [0.5, 0.6) is 0 Å². The van der Waals surface area contributed by atoms with Crippen molar-refractivity contribution in [2.45, 2.75) is 5.16 Å².